The van der Waals surface area contributed by atoms with Gasteiger partial charge in [-0.05, 0) is 19.3 Å². The van der Waals surface area contributed by atoms with Crippen molar-refractivity contribution in [2.75, 3.05) is 13.2 Å². The maximum Gasteiger partial charge on any atom is 0.315 e. The summed E-state index contributed by atoms with van der Waals surface area (Å²) in [6.45, 7) is 9.13. The summed E-state index contributed by atoms with van der Waals surface area (Å²) in [6.07, 6.45) is 1.82. The Bertz CT molecular complexity index is 371. The van der Waals surface area contributed by atoms with Gasteiger partial charge in [-0.1, -0.05) is 27.2 Å². The molecule has 1 aliphatic rings. The molecule has 3 N–H and O–H groups in total. The molecule has 21 heavy (non-hydrogen) atoms. The zero-order valence-electron chi connectivity index (χ0n) is 13.4. The Morgan fingerprint density at radius 1 is 1.38 bits per heavy atom. The van der Waals surface area contributed by atoms with Gasteiger partial charge in [-0.2, -0.15) is 0 Å². The Kier molecular flexibility index (Phi) is 6.45. The molecular formula is C15H28N2O4. The van der Waals surface area contributed by atoms with E-state index in [1.807, 2.05) is 13.8 Å². The van der Waals surface area contributed by atoms with Gasteiger partial charge in [0.25, 0.3) is 0 Å². The molecule has 2 amide bonds. The van der Waals surface area contributed by atoms with Crippen LogP contribution in [-0.4, -0.2) is 42.4 Å². The van der Waals surface area contributed by atoms with Gasteiger partial charge < -0.3 is 20.5 Å². The average molecular weight is 300 g/mol. The molecular weight excluding hydrogens is 272 g/mol. The normalized spacial score (nSPS) is 24.8. The lowest BCUT2D eigenvalue weighted by Crippen LogP contribution is -2.63. The number of carboxylic acids is 1. The number of nitrogens with one attached hydrogen (secondary N) is 2. The first-order valence-electron chi connectivity index (χ1n) is 7.68. The van der Waals surface area contributed by atoms with Crippen molar-refractivity contribution in [2.24, 2.45) is 11.3 Å². The number of hydrogen-bond donors (Lipinski definition) is 3. The van der Waals surface area contributed by atoms with Crippen LogP contribution in [-0.2, 0) is 9.53 Å². The van der Waals surface area contributed by atoms with Crippen LogP contribution in [0.25, 0.3) is 0 Å². The number of hydrogen-bond acceptors (Lipinski definition) is 3. The fraction of sp³-hybridized carbons (Fsp3) is 0.867. The molecule has 0 aliphatic heterocycles. The van der Waals surface area contributed by atoms with Crippen LogP contribution in [0.2, 0.25) is 0 Å². The van der Waals surface area contributed by atoms with Gasteiger partial charge in [-0.25, -0.2) is 4.79 Å². The molecule has 122 valence electrons. The van der Waals surface area contributed by atoms with Gasteiger partial charge in [0, 0.05) is 31.0 Å². The lowest BCUT2D eigenvalue weighted by molar-refractivity contribution is -0.138. The van der Waals surface area contributed by atoms with Crippen molar-refractivity contribution < 1.29 is 19.4 Å². The molecule has 0 bridgehead atoms. The maximum atomic E-state index is 11.9. The molecule has 0 saturated heterocycles. The first-order valence-corrected chi connectivity index (χ1v) is 7.68. The van der Waals surface area contributed by atoms with Crippen molar-refractivity contribution in [3.8, 4) is 0 Å². The van der Waals surface area contributed by atoms with E-state index >= 15 is 0 Å². The van der Waals surface area contributed by atoms with Gasteiger partial charge in [0.05, 0.1) is 6.10 Å². The number of ether oxygens (including phenoxy) is 1. The van der Waals surface area contributed by atoms with Crippen LogP contribution in [0.4, 0.5) is 4.79 Å². The highest BCUT2D eigenvalue weighted by Crippen LogP contribution is 2.42. The van der Waals surface area contributed by atoms with E-state index in [1.54, 1.807) is 0 Å². The minimum absolute atomic E-state index is 0.0289. The van der Waals surface area contributed by atoms with Gasteiger partial charge in [-0.15, -0.1) is 0 Å². The van der Waals surface area contributed by atoms with Gasteiger partial charge in [-0.3, -0.25) is 4.79 Å². The molecule has 0 radical (unpaired) electrons. The number of carboxylic acid groups (broad SMARTS) is 1. The van der Waals surface area contributed by atoms with Crippen molar-refractivity contribution in [1.82, 2.24) is 10.6 Å². The SMILES string of the molecule is CCOC1CC(NC(=O)NCC(CC)CC(=O)O)C1(C)C. The minimum atomic E-state index is -0.830. The molecule has 1 fully saturated rings. The fourth-order valence-electron chi connectivity index (χ4n) is 2.67. The Labute approximate surface area is 126 Å². The second kappa shape index (κ2) is 7.64. The molecule has 6 nitrogen and oxygen atoms in total. The standard InChI is InChI=1S/C15H28N2O4/c1-5-10(7-13(18)19)9-16-14(20)17-11-8-12(21-6-2)15(11,3)4/h10-12H,5-9H2,1-4H3,(H,18,19)(H2,16,17,20). The topological polar surface area (TPSA) is 87.7 Å². The van der Waals surface area contributed by atoms with Crippen LogP contribution in [0.5, 0.6) is 0 Å². The zero-order valence-corrected chi connectivity index (χ0v) is 13.4. The third-order valence-electron chi connectivity index (χ3n) is 4.44. The third-order valence-corrected chi connectivity index (χ3v) is 4.44. The van der Waals surface area contributed by atoms with E-state index in [9.17, 15) is 9.59 Å². The van der Waals surface area contributed by atoms with Crippen LogP contribution in [0, 0.1) is 11.3 Å². The molecule has 0 spiro atoms. The molecule has 1 rings (SSSR count). The third kappa shape index (κ3) is 4.88. The van der Waals surface area contributed by atoms with E-state index in [1.165, 1.54) is 0 Å². The Hall–Kier alpha value is -1.30. The van der Waals surface area contributed by atoms with Gasteiger partial charge in [0.1, 0.15) is 0 Å². The summed E-state index contributed by atoms with van der Waals surface area (Å²) in [5.74, 6) is -0.859. The predicted molar refractivity (Wildman–Crippen MR) is 80.2 cm³/mol. The van der Waals surface area contributed by atoms with Crippen LogP contribution < -0.4 is 10.6 Å². The first-order chi connectivity index (χ1) is 9.81. The lowest BCUT2D eigenvalue weighted by atomic mass is 9.64. The highest BCUT2D eigenvalue weighted by Gasteiger charge is 2.49. The maximum absolute atomic E-state index is 11.9. The molecule has 6 heteroatoms. The largest absolute Gasteiger partial charge is 0.481 e. The minimum Gasteiger partial charge on any atom is -0.481 e. The summed E-state index contributed by atoms with van der Waals surface area (Å²) in [7, 11) is 0. The Morgan fingerprint density at radius 2 is 2.05 bits per heavy atom. The van der Waals surface area contributed by atoms with Crippen LogP contribution in [0.1, 0.15) is 47.0 Å². The predicted octanol–water partition coefficient (Wildman–Crippen LogP) is 1.99. The number of aliphatic carboxylic acids is 1. The van der Waals surface area contributed by atoms with Crippen LogP contribution in [0.15, 0.2) is 0 Å². The Balaban J connectivity index is 2.33. The van der Waals surface area contributed by atoms with E-state index in [-0.39, 0.29) is 35.9 Å². The van der Waals surface area contributed by atoms with Gasteiger partial charge in [0.2, 0.25) is 0 Å². The number of urea groups is 1. The van der Waals surface area contributed by atoms with E-state index in [0.29, 0.717) is 13.2 Å². The molecule has 1 aliphatic carbocycles. The number of carbonyl (C=O) groups is 2. The monoisotopic (exact) mass is 300 g/mol. The van der Waals surface area contributed by atoms with Crippen LogP contribution >= 0.6 is 0 Å². The smallest absolute Gasteiger partial charge is 0.315 e. The van der Waals surface area contributed by atoms with Crippen molar-refractivity contribution in [3.05, 3.63) is 0 Å². The van der Waals surface area contributed by atoms with Gasteiger partial charge in [0.15, 0.2) is 0 Å². The van der Waals surface area contributed by atoms with Crippen molar-refractivity contribution in [1.29, 1.82) is 0 Å². The van der Waals surface area contributed by atoms with E-state index in [4.69, 9.17) is 9.84 Å². The molecule has 0 aromatic heterocycles. The Morgan fingerprint density at radius 3 is 2.52 bits per heavy atom. The number of carbonyl (C=O) groups excluding carboxylic acids is 1. The number of rotatable bonds is 8. The van der Waals surface area contributed by atoms with E-state index < -0.39 is 5.97 Å². The second-order valence-corrected chi connectivity index (χ2v) is 6.28. The van der Waals surface area contributed by atoms with Gasteiger partial charge >= 0.3 is 12.0 Å². The van der Waals surface area contributed by atoms with Crippen molar-refractivity contribution >= 4 is 12.0 Å². The second-order valence-electron chi connectivity index (χ2n) is 6.28. The lowest BCUT2D eigenvalue weighted by Gasteiger charge is -2.51. The highest BCUT2D eigenvalue weighted by molar-refractivity contribution is 5.74. The number of amides is 2. The van der Waals surface area contributed by atoms with E-state index in [2.05, 4.69) is 24.5 Å². The van der Waals surface area contributed by atoms with Crippen molar-refractivity contribution in [3.63, 3.8) is 0 Å². The molecule has 0 aromatic rings. The summed E-state index contributed by atoms with van der Waals surface area (Å²) in [5.41, 5.74) is -0.0709. The molecule has 0 heterocycles. The fourth-order valence-corrected chi connectivity index (χ4v) is 2.67. The molecule has 1 saturated carbocycles. The summed E-state index contributed by atoms with van der Waals surface area (Å²) < 4.78 is 5.63. The summed E-state index contributed by atoms with van der Waals surface area (Å²) >= 11 is 0. The first kappa shape index (κ1) is 17.8. The molecule has 3 atom stereocenters. The molecule has 0 aromatic carbocycles. The van der Waals surface area contributed by atoms with Crippen molar-refractivity contribution in [2.45, 2.75) is 59.1 Å². The van der Waals surface area contributed by atoms with Crippen LogP contribution in [0.3, 0.4) is 0 Å². The molecule has 3 unspecified atom stereocenters. The van der Waals surface area contributed by atoms with E-state index in [0.717, 1.165) is 12.8 Å². The quantitative estimate of drug-likeness (QED) is 0.639. The zero-order chi connectivity index (χ0) is 16.0. The summed E-state index contributed by atoms with van der Waals surface area (Å²) in [6, 6.07) is -0.138. The average Bonchev–Trinajstić information content (AvgIpc) is 2.42. The highest BCUT2D eigenvalue weighted by atomic mass is 16.5. The summed E-state index contributed by atoms with van der Waals surface area (Å²) in [5, 5.41) is 14.5. The summed E-state index contributed by atoms with van der Waals surface area (Å²) in [4.78, 5) is 22.6.